The summed E-state index contributed by atoms with van der Waals surface area (Å²) in [6.07, 6.45) is 8.60. The summed E-state index contributed by atoms with van der Waals surface area (Å²) in [5.74, 6) is 6.94. The molecule has 5 heteroatoms. The number of ketones is 1. The lowest BCUT2D eigenvalue weighted by Crippen LogP contribution is -2.48. The fourth-order valence-electron chi connectivity index (χ4n) is 5.16. The smallest absolute Gasteiger partial charge is 0.192 e. The van der Waals surface area contributed by atoms with Gasteiger partial charge in [-0.2, -0.15) is 0 Å². The molecule has 2 aliphatic carbocycles. The van der Waals surface area contributed by atoms with Crippen molar-refractivity contribution in [2.45, 2.75) is 148 Å². The van der Waals surface area contributed by atoms with E-state index in [0.717, 1.165) is 6.42 Å². The monoisotopic (exact) mass is 518 g/mol. The van der Waals surface area contributed by atoms with Crippen LogP contribution < -0.4 is 0 Å². The van der Waals surface area contributed by atoms with Crippen LogP contribution in [0.4, 0.5) is 0 Å². The van der Waals surface area contributed by atoms with Crippen molar-refractivity contribution >= 4 is 22.4 Å². The molecule has 0 aromatic carbocycles. The molecule has 0 saturated heterocycles. The van der Waals surface area contributed by atoms with Gasteiger partial charge < -0.3 is 8.85 Å². The molecule has 0 amide bonds. The molecule has 1 unspecified atom stereocenters. The Kier molecular flexibility index (Phi) is 9.58. The minimum atomic E-state index is -2.01. The van der Waals surface area contributed by atoms with Crippen LogP contribution in [0.3, 0.4) is 0 Å². The molecule has 3 nitrogen and oxygen atoms in total. The van der Waals surface area contributed by atoms with Crippen molar-refractivity contribution in [2.24, 2.45) is 11.3 Å². The van der Waals surface area contributed by atoms with Crippen molar-refractivity contribution in [3.8, 4) is 11.8 Å². The van der Waals surface area contributed by atoms with Crippen LogP contribution >= 0.6 is 0 Å². The van der Waals surface area contributed by atoms with Crippen LogP contribution in [-0.4, -0.2) is 34.6 Å². The normalized spacial score (nSPS) is 24.4. The molecule has 0 aliphatic heterocycles. The van der Waals surface area contributed by atoms with E-state index in [1.165, 1.54) is 38.5 Å². The van der Waals surface area contributed by atoms with Gasteiger partial charge in [-0.3, -0.25) is 4.79 Å². The Labute approximate surface area is 219 Å². The maximum Gasteiger partial charge on any atom is 0.192 e. The Balaban J connectivity index is 2.33. The Morgan fingerprint density at radius 1 is 1.03 bits per heavy atom. The molecule has 0 aromatic heterocycles. The van der Waals surface area contributed by atoms with Gasteiger partial charge in [0.15, 0.2) is 22.4 Å². The fraction of sp³-hybridized carbons (Fsp3) is 0.833. The second kappa shape index (κ2) is 11.0. The minimum absolute atomic E-state index is 0.0923. The maximum absolute atomic E-state index is 12.6. The quantitative estimate of drug-likeness (QED) is 0.183. The number of carbonyl (C=O) groups is 1. The van der Waals surface area contributed by atoms with E-state index in [-0.39, 0.29) is 39.4 Å². The van der Waals surface area contributed by atoms with Gasteiger partial charge >= 0.3 is 0 Å². The molecule has 0 heterocycles. The number of hydrogen-bond acceptors (Lipinski definition) is 3. The summed E-state index contributed by atoms with van der Waals surface area (Å²) in [5.41, 5.74) is 0.866. The molecule has 35 heavy (non-hydrogen) atoms. The van der Waals surface area contributed by atoms with Crippen molar-refractivity contribution < 1.29 is 13.6 Å². The highest BCUT2D eigenvalue weighted by atomic mass is 28.4. The number of hydrogen-bond donors (Lipinski definition) is 0. The first-order valence-corrected chi connectivity index (χ1v) is 19.7. The summed E-state index contributed by atoms with van der Waals surface area (Å²) in [4.78, 5) is 12.6. The summed E-state index contributed by atoms with van der Waals surface area (Å²) in [6, 6.07) is 0. The SMILES string of the molecule is C=C1C(=O)C[C@@H](O[Si](C)(C)C(C)(C)C)[C@@H]1C#CCC(O[Si](C)(C)C(C)(C)C)C1(CCC)CCCC1. The van der Waals surface area contributed by atoms with Gasteiger partial charge in [0.05, 0.1) is 18.1 Å². The molecule has 200 valence electrons. The van der Waals surface area contributed by atoms with Gasteiger partial charge in [0.25, 0.3) is 0 Å². The average molecular weight is 519 g/mol. The van der Waals surface area contributed by atoms with Crippen molar-refractivity contribution in [2.75, 3.05) is 0 Å². The van der Waals surface area contributed by atoms with Crippen LogP contribution in [0, 0.1) is 23.2 Å². The number of carbonyl (C=O) groups excluding carboxylic acids is 1. The highest BCUT2D eigenvalue weighted by molar-refractivity contribution is 6.74. The lowest BCUT2D eigenvalue weighted by Gasteiger charge is -2.45. The topological polar surface area (TPSA) is 35.5 Å². The van der Waals surface area contributed by atoms with Crippen LogP contribution in [0.5, 0.6) is 0 Å². The summed E-state index contributed by atoms with van der Waals surface area (Å²) >= 11 is 0. The lowest BCUT2D eigenvalue weighted by atomic mass is 9.75. The van der Waals surface area contributed by atoms with Gasteiger partial charge in [0.1, 0.15) is 0 Å². The van der Waals surface area contributed by atoms with E-state index in [2.05, 4.69) is 93.1 Å². The van der Waals surface area contributed by atoms with Crippen LogP contribution in [0.15, 0.2) is 12.2 Å². The van der Waals surface area contributed by atoms with Crippen molar-refractivity contribution in [3.05, 3.63) is 12.2 Å². The van der Waals surface area contributed by atoms with Crippen LogP contribution in [0.25, 0.3) is 0 Å². The molecular weight excluding hydrogens is 464 g/mol. The van der Waals surface area contributed by atoms with Gasteiger partial charge in [0.2, 0.25) is 0 Å². The van der Waals surface area contributed by atoms with Gasteiger partial charge in [-0.05, 0) is 60.9 Å². The van der Waals surface area contributed by atoms with E-state index >= 15 is 0 Å². The van der Waals surface area contributed by atoms with Crippen LogP contribution in [0.2, 0.25) is 36.3 Å². The Bertz CT molecular complexity index is 826. The molecule has 0 spiro atoms. The van der Waals surface area contributed by atoms with Gasteiger partial charge in [-0.1, -0.05) is 86.1 Å². The van der Waals surface area contributed by atoms with E-state index in [0.29, 0.717) is 12.0 Å². The summed E-state index contributed by atoms with van der Waals surface area (Å²) in [7, 11) is -3.95. The van der Waals surface area contributed by atoms with Gasteiger partial charge in [-0.15, -0.1) is 0 Å². The second-order valence-electron chi connectivity index (χ2n) is 14.3. The standard InChI is InChI=1S/C30H54O3Si2/c1-13-19-30(20-14-15-21-30)27(33-35(11,12)29(6,7)8)18-16-17-24-23(2)25(31)22-26(24)32-34(9,10)28(3,4)5/h24,26-27H,2,13-15,18-22H2,1,3-12H3/t24-,26-,27?/m1/s1. The van der Waals surface area contributed by atoms with Gasteiger partial charge in [0, 0.05) is 18.4 Å². The highest BCUT2D eigenvalue weighted by Gasteiger charge is 2.47. The first kappa shape index (κ1) is 30.5. The summed E-state index contributed by atoms with van der Waals surface area (Å²) in [6.45, 7) is 29.3. The van der Waals surface area contributed by atoms with E-state index in [4.69, 9.17) is 8.85 Å². The largest absolute Gasteiger partial charge is 0.412 e. The summed E-state index contributed by atoms with van der Waals surface area (Å²) < 4.78 is 13.8. The molecule has 0 aromatic rings. The third-order valence-electron chi connectivity index (χ3n) is 9.56. The van der Waals surface area contributed by atoms with E-state index in [1.54, 1.807) is 0 Å². The Morgan fingerprint density at radius 3 is 2.06 bits per heavy atom. The molecule has 3 atom stereocenters. The minimum Gasteiger partial charge on any atom is -0.412 e. The lowest BCUT2D eigenvalue weighted by molar-refractivity contribution is -0.115. The number of rotatable bonds is 8. The molecular formula is C30H54O3Si2. The summed E-state index contributed by atoms with van der Waals surface area (Å²) in [5, 5.41) is 0.258. The van der Waals surface area contributed by atoms with Gasteiger partial charge in [-0.25, -0.2) is 0 Å². The molecule has 0 radical (unpaired) electrons. The first-order valence-electron chi connectivity index (χ1n) is 13.9. The molecule has 0 bridgehead atoms. The van der Waals surface area contributed by atoms with Crippen LogP contribution in [-0.2, 0) is 13.6 Å². The third kappa shape index (κ3) is 7.00. The highest BCUT2D eigenvalue weighted by Crippen LogP contribution is 2.50. The van der Waals surface area contributed by atoms with E-state index in [1.807, 2.05) is 0 Å². The molecule has 2 aliphatic rings. The first-order chi connectivity index (χ1) is 15.9. The van der Waals surface area contributed by atoms with Crippen molar-refractivity contribution in [3.63, 3.8) is 0 Å². The maximum atomic E-state index is 12.6. The fourth-order valence-corrected chi connectivity index (χ4v) is 7.89. The zero-order valence-electron chi connectivity index (χ0n) is 24.8. The number of Topliss-reactive ketones (excluding diaryl/α,β-unsaturated/α-hetero) is 1. The zero-order chi connectivity index (χ0) is 26.9. The molecule has 2 rings (SSSR count). The average Bonchev–Trinajstić information content (AvgIpc) is 3.26. The van der Waals surface area contributed by atoms with E-state index < -0.39 is 16.6 Å². The zero-order valence-corrected chi connectivity index (χ0v) is 26.8. The predicted molar refractivity (Wildman–Crippen MR) is 155 cm³/mol. The van der Waals surface area contributed by atoms with E-state index in [9.17, 15) is 4.79 Å². The Hall–Kier alpha value is -0.676. The van der Waals surface area contributed by atoms with Crippen LogP contribution in [0.1, 0.15) is 99.8 Å². The second-order valence-corrected chi connectivity index (χ2v) is 23.8. The van der Waals surface area contributed by atoms with Crippen molar-refractivity contribution in [1.29, 1.82) is 0 Å². The Morgan fingerprint density at radius 2 is 1.57 bits per heavy atom. The molecule has 2 saturated carbocycles. The third-order valence-corrected chi connectivity index (χ3v) is 18.6. The van der Waals surface area contributed by atoms with Crippen molar-refractivity contribution in [1.82, 2.24) is 0 Å². The molecule has 0 N–H and O–H groups in total. The predicted octanol–water partition coefficient (Wildman–Crippen LogP) is 8.67. The molecule has 2 fully saturated rings.